The highest BCUT2D eigenvalue weighted by Gasteiger charge is 2.36. The van der Waals surface area contributed by atoms with Crippen LogP contribution in [0.25, 0.3) is 0 Å². The first kappa shape index (κ1) is 16.4. The summed E-state index contributed by atoms with van der Waals surface area (Å²) < 4.78 is 10.2. The number of thioether (sulfide) groups is 1. The van der Waals surface area contributed by atoms with Gasteiger partial charge in [-0.15, -0.1) is 0 Å². The molecule has 7 heteroatoms. The van der Waals surface area contributed by atoms with Crippen LogP contribution in [0.4, 0.5) is 5.69 Å². The SMILES string of the molecule is COc1ccccc1NC(=[N+]=C1NCCS1)N1CC(C)CC1Cl. The fourth-order valence-electron chi connectivity index (χ4n) is 2.76. The Bertz CT molecular complexity index is 624. The lowest BCUT2D eigenvalue weighted by molar-refractivity contribution is 0.416. The number of alkyl halides is 1. The van der Waals surface area contributed by atoms with Gasteiger partial charge in [-0.2, -0.15) is 0 Å². The predicted octanol–water partition coefficient (Wildman–Crippen LogP) is 2.13. The van der Waals surface area contributed by atoms with E-state index < -0.39 is 0 Å². The van der Waals surface area contributed by atoms with Crippen molar-refractivity contribution in [3.8, 4) is 5.75 Å². The van der Waals surface area contributed by atoms with Crippen molar-refractivity contribution in [2.75, 3.05) is 31.3 Å². The van der Waals surface area contributed by atoms with Crippen molar-refractivity contribution in [1.29, 1.82) is 0 Å². The number of methoxy groups -OCH3 is 1. The third-order valence-corrected chi connectivity index (χ3v) is 5.22. The first-order chi connectivity index (χ1) is 11.2. The summed E-state index contributed by atoms with van der Waals surface area (Å²) in [6, 6.07) is 7.84. The van der Waals surface area contributed by atoms with Crippen LogP contribution in [0.1, 0.15) is 13.3 Å². The molecule has 0 saturated carbocycles. The summed E-state index contributed by atoms with van der Waals surface area (Å²) in [5, 5.41) is 7.65. The van der Waals surface area contributed by atoms with E-state index in [0.29, 0.717) is 5.92 Å². The van der Waals surface area contributed by atoms with Gasteiger partial charge in [-0.1, -0.05) is 30.7 Å². The Hall–Kier alpha value is -1.49. The first-order valence-corrected chi connectivity index (χ1v) is 9.22. The van der Waals surface area contributed by atoms with Crippen LogP contribution in [0.3, 0.4) is 0 Å². The van der Waals surface area contributed by atoms with Crippen molar-refractivity contribution in [3.05, 3.63) is 24.3 Å². The van der Waals surface area contributed by atoms with Gasteiger partial charge in [0, 0.05) is 5.75 Å². The third-order valence-electron chi connectivity index (χ3n) is 3.89. The molecular formula is C16H22ClN4OS+. The Morgan fingerprint density at radius 1 is 1.48 bits per heavy atom. The van der Waals surface area contributed by atoms with Gasteiger partial charge in [-0.3, -0.25) is 4.90 Å². The van der Waals surface area contributed by atoms with E-state index in [2.05, 4.69) is 22.5 Å². The lowest BCUT2D eigenvalue weighted by Gasteiger charge is -2.17. The van der Waals surface area contributed by atoms with Crippen LogP contribution in [-0.2, 0) is 0 Å². The highest BCUT2D eigenvalue weighted by atomic mass is 35.5. The van der Waals surface area contributed by atoms with Gasteiger partial charge >= 0.3 is 11.1 Å². The number of rotatable bonds is 2. The number of nitrogens with zero attached hydrogens (tertiary/aromatic N) is 2. The molecule has 1 aromatic carbocycles. The Labute approximate surface area is 146 Å². The Kier molecular flexibility index (Phi) is 5.26. The van der Waals surface area contributed by atoms with Gasteiger partial charge in [0.1, 0.15) is 11.2 Å². The molecule has 2 atom stereocenters. The van der Waals surface area contributed by atoms with E-state index in [9.17, 15) is 0 Å². The van der Waals surface area contributed by atoms with E-state index in [1.807, 2.05) is 24.3 Å². The van der Waals surface area contributed by atoms with Crippen LogP contribution in [-0.4, -0.2) is 47.5 Å². The number of amidine groups is 1. The van der Waals surface area contributed by atoms with Crippen molar-refractivity contribution >= 4 is 40.2 Å². The number of nitrogens with one attached hydrogen (secondary N) is 2. The zero-order chi connectivity index (χ0) is 16.2. The number of ether oxygens (including phenoxy) is 1. The molecule has 2 N–H and O–H groups in total. The lowest BCUT2D eigenvalue weighted by Crippen LogP contribution is -2.40. The van der Waals surface area contributed by atoms with E-state index >= 15 is 0 Å². The Morgan fingerprint density at radius 2 is 2.30 bits per heavy atom. The highest BCUT2D eigenvalue weighted by Crippen LogP contribution is 2.28. The topological polar surface area (TPSA) is 50.6 Å². The molecule has 2 aliphatic heterocycles. The Balaban J connectivity index is 1.94. The van der Waals surface area contributed by atoms with E-state index in [1.165, 1.54) is 0 Å². The highest BCUT2D eigenvalue weighted by molar-refractivity contribution is 8.14. The maximum Gasteiger partial charge on any atom is 0.404 e. The van der Waals surface area contributed by atoms with Crippen LogP contribution >= 0.6 is 23.4 Å². The number of benzene rings is 1. The number of anilines is 1. The van der Waals surface area contributed by atoms with Crippen molar-refractivity contribution in [2.24, 2.45) is 5.92 Å². The van der Waals surface area contributed by atoms with Crippen LogP contribution < -0.4 is 20.0 Å². The zero-order valence-corrected chi connectivity index (χ0v) is 15.0. The quantitative estimate of drug-likeness (QED) is 0.280. The molecule has 124 valence electrons. The minimum absolute atomic E-state index is 0.0436. The van der Waals surface area contributed by atoms with Crippen molar-refractivity contribution in [1.82, 2.24) is 14.9 Å². The third kappa shape index (κ3) is 3.89. The summed E-state index contributed by atoms with van der Waals surface area (Å²) in [6.07, 6.45) is 0.962. The minimum Gasteiger partial charge on any atom is -0.493 e. The standard InChI is InChI=1S/C16H21ClN4OS/c1-11-9-14(17)21(10-11)15(20-16-18-7-8-23-16)19-12-5-3-4-6-13(12)22-2/h3-6,11,14H,7-10H2,1-2H3,(H,18,19,20)/p+1. The number of hydrogen-bond acceptors (Lipinski definition) is 2. The second-order valence-electron chi connectivity index (χ2n) is 5.77. The lowest BCUT2D eigenvalue weighted by atomic mass is 10.2. The maximum absolute atomic E-state index is 6.53. The number of halogens is 1. The normalized spacial score (nSPS) is 23.4. The fraction of sp³-hybridized carbons (Fsp3) is 0.500. The van der Waals surface area contributed by atoms with E-state index in [4.69, 9.17) is 21.0 Å². The molecule has 1 aromatic rings. The Morgan fingerprint density at radius 3 is 2.96 bits per heavy atom. The largest absolute Gasteiger partial charge is 0.493 e. The molecule has 0 spiro atoms. The predicted molar refractivity (Wildman–Crippen MR) is 99.4 cm³/mol. The number of likely N-dealkylation sites (tertiary alicyclic amines) is 1. The molecule has 2 fully saturated rings. The molecule has 0 aliphatic carbocycles. The molecule has 2 aliphatic rings. The molecule has 5 nitrogen and oxygen atoms in total. The van der Waals surface area contributed by atoms with Crippen LogP contribution in [0.15, 0.2) is 24.3 Å². The first-order valence-electron chi connectivity index (χ1n) is 7.80. The summed E-state index contributed by atoms with van der Waals surface area (Å²) in [4.78, 5) is 2.13. The van der Waals surface area contributed by atoms with Crippen LogP contribution in [0.5, 0.6) is 5.75 Å². The number of para-hydroxylation sites is 2. The van der Waals surface area contributed by atoms with Crippen LogP contribution in [0, 0.1) is 5.92 Å². The van der Waals surface area contributed by atoms with Crippen molar-refractivity contribution in [3.63, 3.8) is 0 Å². The van der Waals surface area contributed by atoms with Crippen molar-refractivity contribution < 1.29 is 4.74 Å². The molecule has 2 heterocycles. The van der Waals surface area contributed by atoms with Gasteiger partial charge < -0.3 is 10.1 Å². The molecule has 2 unspecified atom stereocenters. The number of hydrogen-bond donors (Lipinski definition) is 2. The summed E-state index contributed by atoms with van der Waals surface area (Å²) in [5.74, 6) is 3.16. The fourth-order valence-corrected chi connectivity index (χ4v) is 3.99. The molecule has 3 rings (SSSR count). The van der Waals surface area contributed by atoms with Gasteiger partial charge in [0.05, 0.1) is 20.2 Å². The van der Waals surface area contributed by atoms with Gasteiger partial charge in [-0.25, -0.2) is 9.98 Å². The average molecular weight is 354 g/mol. The minimum atomic E-state index is -0.0436. The van der Waals surface area contributed by atoms with E-state index in [-0.39, 0.29) is 5.50 Å². The average Bonchev–Trinajstić information content (AvgIpc) is 3.16. The van der Waals surface area contributed by atoms with Crippen molar-refractivity contribution in [2.45, 2.75) is 18.8 Å². The maximum atomic E-state index is 6.53. The summed E-state index contributed by atoms with van der Waals surface area (Å²) in [5.41, 5.74) is 0.846. The summed E-state index contributed by atoms with van der Waals surface area (Å²) in [6.45, 7) is 4.06. The molecule has 23 heavy (non-hydrogen) atoms. The second kappa shape index (κ2) is 7.39. The van der Waals surface area contributed by atoms with Gasteiger partial charge in [0.2, 0.25) is 0 Å². The number of guanidine groups is 1. The van der Waals surface area contributed by atoms with Gasteiger partial charge in [-0.05, 0) is 36.2 Å². The second-order valence-corrected chi connectivity index (χ2v) is 7.36. The molecule has 0 amide bonds. The molecule has 0 radical (unpaired) electrons. The molecule has 0 bridgehead atoms. The van der Waals surface area contributed by atoms with Gasteiger partial charge in [0.25, 0.3) is 0 Å². The molecule has 2 saturated heterocycles. The van der Waals surface area contributed by atoms with E-state index in [0.717, 1.165) is 47.8 Å². The van der Waals surface area contributed by atoms with E-state index in [1.54, 1.807) is 18.9 Å². The monoisotopic (exact) mass is 353 g/mol. The zero-order valence-electron chi connectivity index (χ0n) is 13.4. The smallest absolute Gasteiger partial charge is 0.404 e. The summed E-state index contributed by atoms with van der Waals surface area (Å²) >= 11 is 8.26. The van der Waals surface area contributed by atoms with Gasteiger partial charge in [0.15, 0.2) is 5.75 Å². The molecular weight excluding hydrogens is 332 g/mol. The molecule has 0 aromatic heterocycles. The van der Waals surface area contributed by atoms with Crippen LogP contribution in [0.2, 0.25) is 0 Å². The summed E-state index contributed by atoms with van der Waals surface area (Å²) in [7, 11) is 1.67.